The minimum absolute atomic E-state index is 0.0412. The third-order valence-corrected chi connectivity index (χ3v) is 8.42. The van der Waals surface area contributed by atoms with Crippen molar-refractivity contribution in [2.24, 2.45) is 16.7 Å². The molecule has 0 saturated heterocycles. The normalized spacial score (nSPS) is 25.4. The van der Waals surface area contributed by atoms with Crippen LogP contribution in [0, 0.1) is 16.7 Å². The monoisotopic (exact) mass is 497 g/mol. The van der Waals surface area contributed by atoms with Gasteiger partial charge in [-0.25, -0.2) is 4.79 Å². The van der Waals surface area contributed by atoms with Gasteiger partial charge in [-0.2, -0.15) is 13.2 Å². The molecular weight excluding hydrogens is 471 g/mol. The van der Waals surface area contributed by atoms with Crippen molar-refractivity contribution in [3.8, 4) is 11.5 Å². The van der Waals surface area contributed by atoms with Gasteiger partial charge in [0.2, 0.25) is 0 Å². The molecule has 5 nitrogen and oxygen atoms in total. The van der Waals surface area contributed by atoms with Crippen molar-refractivity contribution in [2.75, 3.05) is 5.32 Å². The Labute approximate surface area is 200 Å². The Kier molecular flexibility index (Phi) is 5.95. The fraction of sp³-hybridized carbons (Fsp3) is 0.480. The molecule has 34 heavy (non-hydrogen) atoms. The first kappa shape index (κ1) is 24.5. The number of hydrogen-bond acceptors (Lipinski definition) is 5. The summed E-state index contributed by atoms with van der Waals surface area (Å²) < 4.78 is 45.1. The molecule has 2 aromatic carbocycles. The van der Waals surface area contributed by atoms with Gasteiger partial charge in [-0.15, -0.1) is 0 Å². The molecule has 9 heteroatoms. The average Bonchev–Trinajstić information content (AvgIpc) is 3.08. The van der Waals surface area contributed by atoms with E-state index < -0.39 is 28.5 Å². The Balaban J connectivity index is 1.50. The Morgan fingerprint density at radius 2 is 1.91 bits per heavy atom. The molecular formula is C25H27ClF3NO4. The van der Waals surface area contributed by atoms with Crippen molar-refractivity contribution >= 4 is 23.3 Å². The van der Waals surface area contributed by atoms with Crippen LogP contribution in [0.4, 0.5) is 18.9 Å². The summed E-state index contributed by atoms with van der Waals surface area (Å²) in [5, 5.41) is 22.8. The minimum Gasteiger partial charge on any atom is -0.507 e. The maximum atomic E-state index is 13.1. The molecule has 3 N–H and O–H groups in total. The number of phenolic OH excluding ortho intramolecular Hbond substituents is 2. The zero-order valence-electron chi connectivity index (χ0n) is 19.1. The molecule has 2 saturated carbocycles. The number of hydrogen-bond donors (Lipinski definition) is 3. The number of nitrogens with one attached hydrogen (secondary N) is 1. The van der Waals surface area contributed by atoms with E-state index in [-0.39, 0.29) is 40.4 Å². The second-order valence-electron chi connectivity index (χ2n) is 10.1. The van der Waals surface area contributed by atoms with Crippen LogP contribution in [0.25, 0.3) is 0 Å². The predicted octanol–water partition coefficient (Wildman–Crippen LogP) is 6.75. The van der Waals surface area contributed by atoms with E-state index in [9.17, 15) is 28.2 Å². The standard InChI is InChI=1S/C25H27ClF3NO4/c1-23(2)14-6-7-24(23,3)20(10-14)34-22(33)17-11-16(4-5-19(17)31)30-12-13-8-15(25(27,28)29)9-18(26)21(13)32/h4-5,8-9,11,14,20,30-32H,6-7,10,12H2,1-3H3. The predicted molar refractivity (Wildman–Crippen MR) is 122 cm³/mol. The summed E-state index contributed by atoms with van der Waals surface area (Å²) in [6.07, 6.45) is -2.02. The highest BCUT2D eigenvalue weighted by Crippen LogP contribution is 2.66. The maximum Gasteiger partial charge on any atom is 0.416 e. The zero-order valence-corrected chi connectivity index (χ0v) is 19.8. The van der Waals surface area contributed by atoms with Crippen molar-refractivity contribution in [2.45, 2.75) is 58.9 Å². The molecule has 0 aliphatic heterocycles. The van der Waals surface area contributed by atoms with Gasteiger partial charge >= 0.3 is 12.1 Å². The van der Waals surface area contributed by atoms with Gasteiger partial charge in [0.15, 0.2) is 0 Å². The summed E-state index contributed by atoms with van der Waals surface area (Å²) in [6.45, 7) is 6.36. The number of carbonyl (C=O) groups is 1. The number of carbonyl (C=O) groups excluding carboxylic acids is 1. The van der Waals surface area contributed by atoms with Crippen LogP contribution in [0.3, 0.4) is 0 Å². The molecule has 2 aliphatic rings. The Hall–Kier alpha value is -2.61. The van der Waals surface area contributed by atoms with Crippen molar-refractivity contribution in [1.82, 2.24) is 0 Å². The fourth-order valence-electron chi connectivity index (χ4n) is 5.46. The first-order valence-corrected chi connectivity index (χ1v) is 11.5. The topological polar surface area (TPSA) is 78.8 Å². The molecule has 0 amide bonds. The zero-order chi connectivity index (χ0) is 25.1. The number of halogens is 4. The van der Waals surface area contributed by atoms with Crippen LogP contribution in [-0.2, 0) is 17.5 Å². The summed E-state index contributed by atoms with van der Waals surface area (Å²) in [6, 6.07) is 5.63. The lowest BCUT2D eigenvalue weighted by Crippen LogP contribution is -2.38. The number of benzene rings is 2. The van der Waals surface area contributed by atoms with Crippen LogP contribution in [0.1, 0.15) is 61.5 Å². The van der Waals surface area contributed by atoms with Crippen LogP contribution < -0.4 is 5.32 Å². The molecule has 0 aromatic heterocycles. The minimum atomic E-state index is -4.62. The van der Waals surface area contributed by atoms with E-state index in [1.54, 1.807) is 0 Å². The molecule has 2 bridgehead atoms. The third kappa shape index (κ3) is 4.06. The van der Waals surface area contributed by atoms with Gasteiger partial charge in [0, 0.05) is 23.2 Å². The summed E-state index contributed by atoms with van der Waals surface area (Å²) in [5.41, 5.74) is -0.812. The van der Waals surface area contributed by atoms with Crippen molar-refractivity contribution in [3.63, 3.8) is 0 Å². The number of phenols is 2. The SMILES string of the molecule is CC1(C)C2CCC1(C)C(OC(=O)c1cc(NCc3cc(C(F)(F)F)cc(Cl)c3O)ccc1O)C2. The number of fused-ring (bicyclic) bond motifs is 2. The lowest BCUT2D eigenvalue weighted by atomic mass is 9.70. The van der Waals surface area contributed by atoms with Crippen LogP contribution in [0.15, 0.2) is 30.3 Å². The highest BCUT2D eigenvalue weighted by atomic mass is 35.5. The maximum absolute atomic E-state index is 13.1. The van der Waals surface area contributed by atoms with Crippen molar-refractivity contribution in [3.05, 3.63) is 52.0 Å². The Bertz CT molecular complexity index is 1130. The molecule has 4 rings (SSSR count). The second-order valence-corrected chi connectivity index (χ2v) is 10.5. The molecule has 184 valence electrons. The van der Waals surface area contributed by atoms with Crippen LogP contribution in [-0.4, -0.2) is 22.3 Å². The van der Waals surface area contributed by atoms with E-state index in [2.05, 4.69) is 26.1 Å². The second kappa shape index (κ2) is 8.26. The molecule has 2 fully saturated rings. The van der Waals surface area contributed by atoms with E-state index in [4.69, 9.17) is 16.3 Å². The summed E-state index contributed by atoms with van der Waals surface area (Å²) in [5.74, 6) is -0.898. The van der Waals surface area contributed by atoms with Gasteiger partial charge in [0.25, 0.3) is 0 Å². The molecule has 3 atom stereocenters. The number of anilines is 1. The van der Waals surface area contributed by atoms with E-state index in [1.807, 2.05) is 0 Å². The lowest BCUT2D eigenvalue weighted by molar-refractivity contribution is -0.137. The van der Waals surface area contributed by atoms with Gasteiger partial charge in [-0.3, -0.25) is 0 Å². The van der Waals surface area contributed by atoms with E-state index in [1.165, 1.54) is 18.2 Å². The Morgan fingerprint density at radius 3 is 2.50 bits per heavy atom. The number of ether oxygens (including phenoxy) is 1. The number of rotatable bonds is 5. The molecule has 0 spiro atoms. The van der Waals surface area contributed by atoms with Gasteiger partial charge in [0.05, 0.1) is 10.6 Å². The van der Waals surface area contributed by atoms with Crippen molar-refractivity contribution < 1.29 is 32.9 Å². The quantitative estimate of drug-likeness (QED) is 0.314. The summed E-state index contributed by atoms with van der Waals surface area (Å²) >= 11 is 5.76. The highest BCUT2D eigenvalue weighted by molar-refractivity contribution is 6.32. The molecule has 0 radical (unpaired) electrons. The van der Waals surface area contributed by atoms with E-state index >= 15 is 0 Å². The summed E-state index contributed by atoms with van der Waals surface area (Å²) in [4.78, 5) is 12.9. The van der Waals surface area contributed by atoms with Gasteiger partial charge in [-0.1, -0.05) is 32.4 Å². The number of esters is 1. The molecule has 0 heterocycles. The first-order valence-electron chi connectivity index (χ1n) is 11.1. The largest absolute Gasteiger partial charge is 0.507 e. The number of alkyl halides is 3. The molecule has 3 unspecified atom stereocenters. The molecule has 2 aromatic rings. The van der Waals surface area contributed by atoms with Gasteiger partial charge in [-0.05, 0) is 60.9 Å². The highest BCUT2D eigenvalue weighted by Gasteiger charge is 2.62. The van der Waals surface area contributed by atoms with E-state index in [0.29, 0.717) is 17.7 Å². The third-order valence-electron chi connectivity index (χ3n) is 8.13. The van der Waals surface area contributed by atoms with Crippen molar-refractivity contribution in [1.29, 1.82) is 0 Å². The van der Waals surface area contributed by atoms with Crippen LogP contribution in [0.2, 0.25) is 5.02 Å². The Morgan fingerprint density at radius 1 is 1.21 bits per heavy atom. The summed E-state index contributed by atoms with van der Waals surface area (Å²) in [7, 11) is 0. The van der Waals surface area contributed by atoms with Gasteiger partial charge in [0.1, 0.15) is 23.2 Å². The van der Waals surface area contributed by atoms with Gasteiger partial charge < -0.3 is 20.3 Å². The van der Waals surface area contributed by atoms with Crippen LogP contribution in [0.5, 0.6) is 11.5 Å². The first-order chi connectivity index (χ1) is 15.7. The molecule has 2 aliphatic carbocycles. The lowest BCUT2D eigenvalue weighted by Gasteiger charge is -2.38. The van der Waals surface area contributed by atoms with E-state index in [0.717, 1.165) is 25.3 Å². The van der Waals surface area contributed by atoms with Crippen LogP contribution >= 0.6 is 11.6 Å². The number of aromatic hydroxyl groups is 2. The average molecular weight is 498 g/mol. The fourth-order valence-corrected chi connectivity index (χ4v) is 5.70. The smallest absolute Gasteiger partial charge is 0.416 e.